The van der Waals surface area contributed by atoms with Crippen LogP contribution in [-0.2, 0) is 0 Å². The van der Waals surface area contributed by atoms with E-state index < -0.39 is 30.0 Å². The second-order valence-corrected chi connectivity index (χ2v) is 3.75. The Morgan fingerprint density at radius 3 is 2.56 bits per heavy atom. The highest BCUT2D eigenvalue weighted by molar-refractivity contribution is 9.10. The van der Waals surface area contributed by atoms with Crippen LogP contribution in [0.3, 0.4) is 0 Å². The van der Waals surface area contributed by atoms with Gasteiger partial charge in [0.25, 0.3) is 5.91 Å². The molecule has 2 nitrogen and oxygen atoms in total. The summed E-state index contributed by atoms with van der Waals surface area (Å²) in [5.41, 5.74) is -0.432. The van der Waals surface area contributed by atoms with Crippen molar-refractivity contribution in [1.29, 1.82) is 0 Å². The Bertz CT molecular complexity index is 405. The fraction of sp³-hybridized carbons (Fsp3) is 0.222. The normalized spacial score (nSPS) is 11.3. The Balaban J connectivity index is 2.78. The van der Waals surface area contributed by atoms with Crippen LogP contribution in [0, 0.1) is 5.82 Å². The van der Waals surface area contributed by atoms with E-state index in [0.717, 1.165) is 6.07 Å². The van der Waals surface area contributed by atoms with Crippen molar-refractivity contribution in [3.8, 4) is 0 Å². The van der Waals surface area contributed by atoms with Crippen LogP contribution in [0.5, 0.6) is 0 Å². The zero-order valence-electron chi connectivity index (χ0n) is 7.74. The molecule has 0 saturated heterocycles. The number of benzene rings is 1. The van der Waals surface area contributed by atoms with E-state index >= 15 is 0 Å². The monoisotopic (exact) mass is 299 g/mol. The number of carbonyl (C=O) groups is 1. The molecule has 0 aliphatic heterocycles. The molecule has 0 fully saturated rings. The number of nitrogens with one attached hydrogen (secondary N) is 1. The van der Waals surface area contributed by atoms with E-state index in [1.807, 2.05) is 0 Å². The molecule has 0 spiro atoms. The molecule has 0 heterocycles. The average molecular weight is 300 g/mol. The topological polar surface area (TPSA) is 29.1 Å². The van der Waals surface area contributed by atoms with E-state index in [4.69, 9.17) is 0 Å². The molecular weight excluding hydrogens is 294 g/mol. The molecule has 0 unspecified atom stereocenters. The van der Waals surface area contributed by atoms with Crippen LogP contribution in [0.2, 0.25) is 0 Å². The van der Waals surface area contributed by atoms with Crippen LogP contribution < -0.4 is 5.32 Å². The van der Waals surface area contributed by atoms with Gasteiger partial charge in [0.05, 0.1) is 10.0 Å². The van der Waals surface area contributed by atoms with Gasteiger partial charge in [-0.3, -0.25) is 4.79 Å². The minimum Gasteiger partial charge on any atom is -0.343 e. The van der Waals surface area contributed by atoms with Crippen molar-refractivity contribution >= 4 is 21.8 Å². The first kappa shape index (κ1) is 13.0. The first-order valence-corrected chi connectivity index (χ1v) is 4.89. The van der Waals surface area contributed by atoms with E-state index in [1.165, 1.54) is 12.1 Å². The SMILES string of the molecule is O=C(NCC(F)(F)F)c1cccc(Br)c1F. The van der Waals surface area contributed by atoms with Crippen molar-refractivity contribution in [2.24, 2.45) is 0 Å². The molecule has 0 aromatic heterocycles. The van der Waals surface area contributed by atoms with Gasteiger partial charge in [-0.2, -0.15) is 13.2 Å². The molecule has 1 aromatic carbocycles. The maximum absolute atomic E-state index is 13.3. The number of hydrogen-bond donors (Lipinski definition) is 1. The molecule has 1 amide bonds. The summed E-state index contributed by atoms with van der Waals surface area (Å²) in [7, 11) is 0. The van der Waals surface area contributed by atoms with Crippen LogP contribution in [0.15, 0.2) is 22.7 Å². The Kier molecular flexibility index (Phi) is 3.90. The number of rotatable bonds is 2. The van der Waals surface area contributed by atoms with Crippen molar-refractivity contribution in [2.75, 3.05) is 6.54 Å². The molecule has 7 heteroatoms. The van der Waals surface area contributed by atoms with Crippen LogP contribution in [0.25, 0.3) is 0 Å². The van der Waals surface area contributed by atoms with Gasteiger partial charge in [-0.05, 0) is 28.1 Å². The van der Waals surface area contributed by atoms with Crippen molar-refractivity contribution in [3.63, 3.8) is 0 Å². The van der Waals surface area contributed by atoms with Crippen LogP contribution in [0.4, 0.5) is 17.6 Å². The Labute approximate surface area is 96.8 Å². The number of carbonyl (C=O) groups excluding carboxylic acids is 1. The summed E-state index contributed by atoms with van der Waals surface area (Å²) in [5, 5.41) is 1.58. The van der Waals surface area contributed by atoms with Gasteiger partial charge in [0.2, 0.25) is 0 Å². The highest BCUT2D eigenvalue weighted by Gasteiger charge is 2.28. The van der Waals surface area contributed by atoms with E-state index in [1.54, 1.807) is 5.32 Å². The third kappa shape index (κ3) is 3.48. The van der Waals surface area contributed by atoms with Gasteiger partial charge < -0.3 is 5.32 Å². The summed E-state index contributed by atoms with van der Waals surface area (Å²) < 4.78 is 48.7. The van der Waals surface area contributed by atoms with E-state index in [0.29, 0.717) is 0 Å². The predicted octanol–water partition coefficient (Wildman–Crippen LogP) is 2.88. The summed E-state index contributed by atoms with van der Waals surface area (Å²) in [6.07, 6.45) is -4.52. The number of amides is 1. The standard InChI is InChI=1S/C9H6BrF4NO/c10-6-3-1-2-5(7(6)11)8(16)15-4-9(12,13)14/h1-3H,4H2,(H,15,16). The second kappa shape index (κ2) is 4.82. The minimum absolute atomic E-state index is 0.0205. The van der Waals surface area contributed by atoms with E-state index in [-0.39, 0.29) is 4.47 Å². The highest BCUT2D eigenvalue weighted by atomic mass is 79.9. The van der Waals surface area contributed by atoms with Gasteiger partial charge in [0, 0.05) is 0 Å². The third-order valence-corrected chi connectivity index (χ3v) is 2.26. The fourth-order valence-corrected chi connectivity index (χ4v) is 1.32. The summed E-state index contributed by atoms with van der Waals surface area (Å²) in [4.78, 5) is 11.2. The van der Waals surface area contributed by atoms with Gasteiger partial charge in [-0.1, -0.05) is 6.07 Å². The highest BCUT2D eigenvalue weighted by Crippen LogP contribution is 2.19. The molecule has 0 aliphatic rings. The largest absolute Gasteiger partial charge is 0.405 e. The van der Waals surface area contributed by atoms with Gasteiger partial charge in [0.15, 0.2) is 0 Å². The van der Waals surface area contributed by atoms with Crippen molar-refractivity contribution in [2.45, 2.75) is 6.18 Å². The van der Waals surface area contributed by atoms with Gasteiger partial charge in [0.1, 0.15) is 12.4 Å². The number of hydrogen-bond acceptors (Lipinski definition) is 1. The lowest BCUT2D eigenvalue weighted by Crippen LogP contribution is -2.34. The molecule has 16 heavy (non-hydrogen) atoms. The lowest BCUT2D eigenvalue weighted by molar-refractivity contribution is -0.123. The average Bonchev–Trinajstić information content (AvgIpc) is 2.17. The molecule has 88 valence electrons. The molecule has 0 radical (unpaired) electrons. The maximum Gasteiger partial charge on any atom is 0.405 e. The zero-order chi connectivity index (χ0) is 12.3. The molecule has 1 rings (SSSR count). The molecule has 1 aromatic rings. The second-order valence-electron chi connectivity index (χ2n) is 2.90. The molecule has 0 atom stereocenters. The molecule has 0 aliphatic carbocycles. The fourth-order valence-electron chi connectivity index (χ4n) is 0.955. The summed E-state index contributed by atoms with van der Waals surface area (Å²) in [6.45, 7) is -1.49. The Morgan fingerprint density at radius 1 is 1.38 bits per heavy atom. The van der Waals surface area contributed by atoms with E-state index in [9.17, 15) is 22.4 Å². The molecule has 0 saturated carbocycles. The Hall–Kier alpha value is -1.11. The number of halogens is 5. The van der Waals surface area contributed by atoms with E-state index in [2.05, 4.69) is 15.9 Å². The van der Waals surface area contributed by atoms with Gasteiger partial charge in [-0.15, -0.1) is 0 Å². The van der Waals surface area contributed by atoms with Crippen molar-refractivity contribution in [3.05, 3.63) is 34.1 Å². The Morgan fingerprint density at radius 2 is 2.00 bits per heavy atom. The van der Waals surface area contributed by atoms with Gasteiger partial charge >= 0.3 is 6.18 Å². The lowest BCUT2D eigenvalue weighted by atomic mass is 10.2. The first-order chi connectivity index (χ1) is 7.31. The predicted molar refractivity (Wildman–Crippen MR) is 52.5 cm³/mol. The molecule has 1 N–H and O–H groups in total. The molecular formula is C9H6BrF4NO. The summed E-state index contributed by atoms with van der Waals surface area (Å²) >= 11 is 2.83. The van der Waals surface area contributed by atoms with Crippen LogP contribution in [0.1, 0.15) is 10.4 Å². The smallest absolute Gasteiger partial charge is 0.343 e. The maximum atomic E-state index is 13.3. The molecule has 0 bridgehead atoms. The van der Waals surface area contributed by atoms with Gasteiger partial charge in [-0.25, -0.2) is 4.39 Å². The minimum atomic E-state index is -4.52. The van der Waals surface area contributed by atoms with Crippen molar-refractivity contribution < 1.29 is 22.4 Å². The third-order valence-electron chi connectivity index (χ3n) is 1.65. The van der Waals surface area contributed by atoms with Crippen molar-refractivity contribution in [1.82, 2.24) is 5.32 Å². The number of alkyl halides is 3. The lowest BCUT2D eigenvalue weighted by Gasteiger charge is -2.09. The van der Waals surface area contributed by atoms with Crippen LogP contribution in [-0.4, -0.2) is 18.6 Å². The first-order valence-electron chi connectivity index (χ1n) is 4.10. The summed E-state index contributed by atoms with van der Waals surface area (Å²) in [5.74, 6) is -1.99. The van der Waals surface area contributed by atoms with Crippen LogP contribution >= 0.6 is 15.9 Å². The zero-order valence-corrected chi connectivity index (χ0v) is 9.32. The summed E-state index contributed by atoms with van der Waals surface area (Å²) in [6, 6.07) is 3.80. The quantitative estimate of drug-likeness (QED) is 0.836.